The van der Waals surface area contributed by atoms with Crippen molar-refractivity contribution in [3.05, 3.63) is 95.4 Å². The zero-order valence-electron chi connectivity index (χ0n) is 20.6. The fourth-order valence-electron chi connectivity index (χ4n) is 4.65. The first-order valence-corrected chi connectivity index (χ1v) is 12.3. The predicted molar refractivity (Wildman–Crippen MR) is 137 cm³/mol. The Hall–Kier alpha value is -3.67. The van der Waals surface area contributed by atoms with E-state index < -0.39 is 0 Å². The summed E-state index contributed by atoms with van der Waals surface area (Å²) in [5, 5.41) is 8.70. The second kappa shape index (κ2) is 9.53. The predicted octanol–water partition coefficient (Wildman–Crippen LogP) is 5.63. The standard InChI is InChI=1S/C29H32N4O2/c1-29(2,3)24-13-15-25(16-14-24)35-20-21-9-11-22(12-10-21)28(34)32-17-6-7-23(19-32)27-31-30-26-8-4-5-18-33(26)27/h4-5,8-16,18,23H,6-7,17,19-20H2,1-3H3/t23-/m0/s1. The van der Waals surface area contributed by atoms with Crippen molar-refractivity contribution in [2.45, 2.75) is 51.6 Å². The lowest BCUT2D eigenvalue weighted by atomic mass is 9.87. The molecular formula is C29H32N4O2. The SMILES string of the molecule is CC(C)(C)c1ccc(OCc2ccc(C(=O)N3CCC[C@H](c4nnc5ccccn45)C3)cc2)cc1. The van der Waals surface area contributed by atoms with Crippen LogP contribution in [0, 0.1) is 0 Å². The Labute approximate surface area is 206 Å². The summed E-state index contributed by atoms with van der Waals surface area (Å²) in [4.78, 5) is 15.2. The normalized spacial score (nSPS) is 16.4. The van der Waals surface area contributed by atoms with E-state index in [2.05, 4.69) is 43.1 Å². The van der Waals surface area contributed by atoms with Gasteiger partial charge in [0.2, 0.25) is 0 Å². The third-order valence-electron chi connectivity index (χ3n) is 6.74. The first-order chi connectivity index (χ1) is 16.9. The van der Waals surface area contributed by atoms with E-state index in [1.165, 1.54) is 5.56 Å². The van der Waals surface area contributed by atoms with Crippen LogP contribution in [0.15, 0.2) is 72.9 Å². The second-order valence-electron chi connectivity index (χ2n) is 10.3. The Kier molecular flexibility index (Phi) is 6.29. The van der Waals surface area contributed by atoms with E-state index in [0.29, 0.717) is 18.7 Å². The maximum absolute atomic E-state index is 13.2. The van der Waals surface area contributed by atoms with Gasteiger partial charge in [0.25, 0.3) is 5.91 Å². The lowest BCUT2D eigenvalue weighted by Gasteiger charge is -2.32. The van der Waals surface area contributed by atoms with E-state index in [-0.39, 0.29) is 17.2 Å². The molecule has 0 bridgehead atoms. The van der Waals surface area contributed by atoms with Gasteiger partial charge in [0.05, 0.1) is 0 Å². The topological polar surface area (TPSA) is 59.7 Å². The summed E-state index contributed by atoms with van der Waals surface area (Å²) in [5.74, 6) is 2.02. The van der Waals surface area contributed by atoms with Gasteiger partial charge in [-0.15, -0.1) is 10.2 Å². The number of likely N-dealkylation sites (tertiary alicyclic amines) is 1. The Bertz CT molecular complexity index is 1300. The van der Waals surface area contributed by atoms with E-state index in [0.717, 1.165) is 42.2 Å². The summed E-state index contributed by atoms with van der Waals surface area (Å²) in [6.45, 7) is 8.49. The molecule has 0 radical (unpaired) electrons. The maximum atomic E-state index is 13.2. The van der Waals surface area contributed by atoms with Crippen molar-refractivity contribution in [2.24, 2.45) is 0 Å². The molecule has 1 saturated heterocycles. The van der Waals surface area contributed by atoms with Gasteiger partial charge in [-0.3, -0.25) is 9.20 Å². The highest BCUT2D eigenvalue weighted by Gasteiger charge is 2.28. The van der Waals surface area contributed by atoms with Gasteiger partial charge in [-0.05, 0) is 65.8 Å². The fourth-order valence-corrected chi connectivity index (χ4v) is 4.65. The van der Waals surface area contributed by atoms with Crippen LogP contribution in [0.3, 0.4) is 0 Å². The van der Waals surface area contributed by atoms with Gasteiger partial charge < -0.3 is 9.64 Å². The van der Waals surface area contributed by atoms with Crippen molar-refractivity contribution >= 4 is 11.6 Å². The summed E-state index contributed by atoms with van der Waals surface area (Å²) < 4.78 is 7.99. The van der Waals surface area contributed by atoms with Crippen molar-refractivity contribution in [3.8, 4) is 5.75 Å². The molecular weight excluding hydrogens is 436 g/mol. The minimum Gasteiger partial charge on any atom is -0.489 e. The molecule has 180 valence electrons. The summed E-state index contributed by atoms with van der Waals surface area (Å²) in [6, 6.07) is 21.9. The molecule has 35 heavy (non-hydrogen) atoms. The smallest absolute Gasteiger partial charge is 0.253 e. The number of carbonyl (C=O) groups excluding carboxylic acids is 1. The molecule has 0 aliphatic carbocycles. The molecule has 1 amide bonds. The molecule has 0 saturated carbocycles. The molecule has 1 fully saturated rings. The molecule has 6 heteroatoms. The number of amides is 1. The van der Waals surface area contributed by atoms with Gasteiger partial charge in [0, 0.05) is 30.8 Å². The molecule has 6 nitrogen and oxygen atoms in total. The third kappa shape index (κ3) is 5.06. The molecule has 0 unspecified atom stereocenters. The van der Waals surface area contributed by atoms with Crippen molar-refractivity contribution in [2.75, 3.05) is 13.1 Å². The first kappa shape index (κ1) is 23.1. The van der Waals surface area contributed by atoms with Gasteiger partial charge in [-0.25, -0.2) is 0 Å². The number of hydrogen-bond donors (Lipinski definition) is 0. The van der Waals surface area contributed by atoms with Crippen LogP contribution >= 0.6 is 0 Å². The number of carbonyl (C=O) groups is 1. The van der Waals surface area contributed by atoms with Crippen LogP contribution in [0.1, 0.15) is 66.8 Å². The molecule has 2 aromatic carbocycles. The fraction of sp³-hybridized carbons (Fsp3) is 0.345. The van der Waals surface area contributed by atoms with E-state index in [1.807, 2.05) is 70.1 Å². The Morgan fingerprint density at radius 1 is 1.00 bits per heavy atom. The van der Waals surface area contributed by atoms with Crippen LogP contribution in [-0.4, -0.2) is 38.5 Å². The van der Waals surface area contributed by atoms with Crippen LogP contribution in [0.25, 0.3) is 5.65 Å². The number of pyridine rings is 1. The monoisotopic (exact) mass is 468 g/mol. The second-order valence-corrected chi connectivity index (χ2v) is 10.3. The average molecular weight is 469 g/mol. The average Bonchev–Trinajstić information content (AvgIpc) is 3.31. The van der Waals surface area contributed by atoms with E-state index in [4.69, 9.17) is 4.74 Å². The molecule has 1 atom stereocenters. The molecule has 1 aliphatic heterocycles. The zero-order valence-corrected chi connectivity index (χ0v) is 20.6. The van der Waals surface area contributed by atoms with Crippen LogP contribution in [-0.2, 0) is 12.0 Å². The summed E-state index contributed by atoms with van der Waals surface area (Å²) >= 11 is 0. The lowest BCUT2D eigenvalue weighted by molar-refractivity contribution is 0.0704. The third-order valence-corrected chi connectivity index (χ3v) is 6.74. The van der Waals surface area contributed by atoms with Gasteiger partial charge in [-0.2, -0.15) is 0 Å². The van der Waals surface area contributed by atoms with E-state index >= 15 is 0 Å². The van der Waals surface area contributed by atoms with Gasteiger partial charge in [-0.1, -0.05) is 51.1 Å². The largest absolute Gasteiger partial charge is 0.489 e. The molecule has 1 aliphatic rings. The number of piperidine rings is 1. The maximum Gasteiger partial charge on any atom is 0.253 e. The van der Waals surface area contributed by atoms with Crippen LogP contribution < -0.4 is 4.74 Å². The van der Waals surface area contributed by atoms with Gasteiger partial charge >= 0.3 is 0 Å². The Morgan fingerprint density at radius 2 is 1.77 bits per heavy atom. The highest BCUT2D eigenvalue weighted by molar-refractivity contribution is 5.94. The minimum atomic E-state index is 0.0637. The highest BCUT2D eigenvalue weighted by Crippen LogP contribution is 2.27. The number of rotatable bonds is 5. The molecule has 3 heterocycles. The molecule has 5 rings (SSSR count). The Morgan fingerprint density at radius 3 is 2.51 bits per heavy atom. The molecule has 0 spiro atoms. The highest BCUT2D eigenvalue weighted by atomic mass is 16.5. The molecule has 0 N–H and O–H groups in total. The van der Waals surface area contributed by atoms with Crippen molar-refractivity contribution < 1.29 is 9.53 Å². The van der Waals surface area contributed by atoms with Gasteiger partial charge in [0.1, 0.15) is 18.2 Å². The van der Waals surface area contributed by atoms with Crippen molar-refractivity contribution in [1.29, 1.82) is 0 Å². The van der Waals surface area contributed by atoms with Crippen molar-refractivity contribution in [3.63, 3.8) is 0 Å². The zero-order chi connectivity index (χ0) is 24.4. The van der Waals surface area contributed by atoms with Crippen LogP contribution in [0.5, 0.6) is 5.75 Å². The van der Waals surface area contributed by atoms with Gasteiger partial charge in [0.15, 0.2) is 5.65 Å². The number of nitrogens with zero attached hydrogens (tertiary/aromatic N) is 4. The number of aromatic nitrogens is 3. The molecule has 4 aromatic rings. The first-order valence-electron chi connectivity index (χ1n) is 12.3. The quantitative estimate of drug-likeness (QED) is 0.381. The molecule has 2 aromatic heterocycles. The van der Waals surface area contributed by atoms with E-state index in [1.54, 1.807) is 0 Å². The number of ether oxygens (including phenoxy) is 1. The summed E-state index contributed by atoms with van der Waals surface area (Å²) in [6.07, 6.45) is 3.95. The number of fused-ring (bicyclic) bond motifs is 1. The van der Waals surface area contributed by atoms with Crippen LogP contribution in [0.2, 0.25) is 0 Å². The number of hydrogen-bond acceptors (Lipinski definition) is 4. The Balaban J connectivity index is 1.21. The van der Waals surface area contributed by atoms with E-state index in [9.17, 15) is 4.79 Å². The van der Waals surface area contributed by atoms with Crippen molar-refractivity contribution in [1.82, 2.24) is 19.5 Å². The van der Waals surface area contributed by atoms with Crippen LogP contribution in [0.4, 0.5) is 0 Å². The summed E-state index contributed by atoms with van der Waals surface area (Å²) in [7, 11) is 0. The lowest BCUT2D eigenvalue weighted by Crippen LogP contribution is -2.39. The minimum absolute atomic E-state index is 0.0637. The summed E-state index contributed by atoms with van der Waals surface area (Å²) in [5.41, 5.74) is 3.99. The number of benzene rings is 2.